The van der Waals surface area contributed by atoms with E-state index < -0.39 is 0 Å². The summed E-state index contributed by atoms with van der Waals surface area (Å²) in [5, 5.41) is 3.54. The van der Waals surface area contributed by atoms with Crippen molar-refractivity contribution < 1.29 is 4.74 Å². The Hall–Kier alpha value is -1.02. The number of hydrogen-bond acceptors (Lipinski definition) is 2. The third-order valence-electron chi connectivity index (χ3n) is 3.20. The first kappa shape index (κ1) is 15.0. The van der Waals surface area contributed by atoms with Gasteiger partial charge in [-0.15, -0.1) is 0 Å². The van der Waals surface area contributed by atoms with Crippen LogP contribution in [0.1, 0.15) is 52.0 Å². The maximum absolute atomic E-state index is 5.70. The van der Waals surface area contributed by atoms with Gasteiger partial charge in [-0.1, -0.05) is 32.0 Å². The zero-order valence-corrected chi connectivity index (χ0v) is 12.2. The Labute approximate surface area is 112 Å². The quantitative estimate of drug-likeness (QED) is 0.753. The number of ether oxygens (including phenoxy) is 1. The van der Waals surface area contributed by atoms with Crippen molar-refractivity contribution in [3.05, 3.63) is 29.8 Å². The van der Waals surface area contributed by atoms with Gasteiger partial charge in [0.2, 0.25) is 0 Å². The second-order valence-electron chi connectivity index (χ2n) is 4.96. The fourth-order valence-electron chi connectivity index (χ4n) is 2.31. The van der Waals surface area contributed by atoms with Gasteiger partial charge in [0.15, 0.2) is 0 Å². The van der Waals surface area contributed by atoms with Crippen LogP contribution in [0.5, 0.6) is 5.75 Å². The maximum Gasteiger partial charge on any atom is 0.122 e. The lowest BCUT2D eigenvalue weighted by Crippen LogP contribution is -2.28. The van der Waals surface area contributed by atoms with E-state index in [1.807, 2.05) is 13.0 Å². The minimum absolute atomic E-state index is 0.520. The van der Waals surface area contributed by atoms with E-state index in [1.165, 1.54) is 12.0 Å². The number of hydrogen-bond donors (Lipinski definition) is 1. The molecule has 102 valence electrons. The molecule has 0 aliphatic heterocycles. The lowest BCUT2D eigenvalue weighted by molar-refractivity contribution is 0.332. The smallest absolute Gasteiger partial charge is 0.122 e. The molecule has 0 radical (unpaired) electrons. The molecular formula is C16H27NO. The van der Waals surface area contributed by atoms with Crippen LogP contribution in [-0.2, 0) is 0 Å². The van der Waals surface area contributed by atoms with Gasteiger partial charge < -0.3 is 10.1 Å². The molecule has 2 heteroatoms. The molecule has 1 aromatic rings. The molecule has 0 heterocycles. The van der Waals surface area contributed by atoms with Crippen molar-refractivity contribution in [3.8, 4) is 5.75 Å². The van der Waals surface area contributed by atoms with Gasteiger partial charge in [0.05, 0.1) is 6.61 Å². The highest BCUT2D eigenvalue weighted by Gasteiger charge is 2.14. The largest absolute Gasteiger partial charge is 0.494 e. The molecule has 2 atom stereocenters. The molecule has 0 aliphatic rings. The minimum atomic E-state index is 0.520. The molecule has 1 N–H and O–H groups in total. The van der Waals surface area contributed by atoms with E-state index in [9.17, 15) is 0 Å². The monoisotopic (exact) mass is 249 g/mol. The Kier molecular flexibility index (Phi) is 6.81. The molecule has 0 aromatic heterocycles. The summed E-state index contributed by atoms with van der Waals surface area (Å²) < 4.78 is 5.70. The zero-order valence-electron chi connectivity index (χ0n) is 12.2. The van der Waals surface area contributed by atoms with Crippen LogP contribution in [0.2, 0.25) is 0 Å². The lowest BCUT2D eigenvalue weighted by Gasteiger charge is -2.21. The predicted octanol–water partition coefficient (Wildman–Crippen LogP) is 3.97. The summed E-state index contributed by atoms with van der Waals surface area (Å²) in [5.41, 5.74) is 1.32. The van der Waals surface area contributed by atoms with Gasteiger partial charge in [-0.2, -0.15) is 0 Å². The molecule has 0 saturated carbocycles. The third-order valence-corrected chi connectivity index (χ3v) is 3.20. The molecular weight excluding hydrogens is 222 g/mol. The number of nitrogens with one attached hydrogen (secondary N) is 1. The maximum atomic E-state index is 5.70. The Bertz CT molecular complexity index is 338. The first-order valence-electron chi connectivity index (χ1n) is 7.14. The van der Waals surface area contributed by atoms with Crippen LogP contribution < -0.4 is 10.1 Å². The number of rotatable bonds is 8. The summed E-state index contributed by atoms with van der Waals surface area (Å²) >= 11 is 0. The van der Waals surface area contributed by atoms with Crippen molar-refractivity contribution in [2.24, 2.45) is 0 Å². The van der Waals surface area contributed by atoms with Gasteiger partial charge in [0.1, 0.15) is 5.75 Å². The van der Waals surface area contributed by atoms with E-state index in [0.29, 0.717) is 12.0 Å². The molecule has 0 saturated heterocycles. The van der Waals surface area contributed by atoms with Crippen molar-refractivity contribution in [3.63, 3.8) is 0 Å². The highest BCUT2D eigenvalue weighted by atomic mass is 16.5. The first-order valence-corrected chi connectivity index (χ1v) is 7.14. The molecule has 18 heavy (non-hydrogen) atoms. The summed E-state index contributed by atoms with van der Waals surface area (Å²) in [6.45, 7) is 10.6. The second kappa shape index (κ2) is 8.15. The standard InChI is InChI=1S/C16H27NO/c1-5-11-17-14(4)12-13(3)15-9-7-8-10-16(15)18-6-2/h7-10,13-14,17H,5-6,11-12H2,1-4H3. The van der Waals surface area contributed by atoms with Crippen LogP contribution in [0.4, 0.5) is 0 Å². The van der Waals surface area contributed by atoms with E-state index in [0.717, 1.165) is 25.3 Å². The Morgan fingerprint density at radius 3 is 2.56 bits per heavy atom. The topological polar surface area (TPSA) is 21.3 Å². The molecule has 1 rings (SSSR count). The fourth-order valence-corrected chi connectivity index (χ4v) is 2.31. The van der Waals surface area contributed by atoms with Crippen molar-refractivity contribution in [2.45, 2.75) is 52.5 Å². The minimum Gasteiger partial charge on any atom is -0.494 e. The summed E-state index contributed by atoms with van der Waals surface area (Å²) in [5.74, 6) is 1.56. The molecule has 0 amide bonds. The van der Waals surface area contributed by atoms with Crippen LogP contribution in [0.25, 0.3) is 0 Å². The van der Waals surface area contributed by atoms with Crippen LogP contribution >= 0.6 is 0 Å². The van der Waals surface area contributed by atoms with E-state index in [-0.39, 0.29) is 0 Å². The van der Waals surface area contributed by atoms with Crippen LogP contribution in [0.3, 0.4) is 0 Å². The average molecular weight is 249 g/mol. The summed E-state index contributed by atoms with van der Waals surface area (Å²) in [6, 6.07) is 8.94. The Morgan fingerprint density at radius 1 is 1.17 bits per heavy atom. The Morgan fingerprint density at radius 2 is 1.89 bits per heavy atom. The van der Waals surface area contributed by atoms with Gasteiger partial charge in [-0.3, -0.25) is 0 Å². The first-order chi connectivity index (χ1) is 8.69. The molecule has 0 aliphatic carbocycles. The molecule has 2 unspecified atom stereocenters. The molecule has 0 fully saturated rings. The summed E-state index contributed by atoms with van der Waals surface area (Å²) in [4.78, 5) is 0. The SMILES string of the molecule is CCCNC(C)CC(C)c1ccccc1OCC. The van der Waals surface area contributed by atoms with Gasteiger partial charge in [-0.25, -0.2) is 0 Å². The van der Waals surface area contributed by atoms with Crippen molar-refractivity contribution >= 4 is 0 Å². The number of para-hydroxylation sites is 1. The molecule has 1 aromatic carbocycles. The summed E-state index contributed by atoms with van der Waals surface area (Å²) in [6.07, 6.45) is 2.33. The number of benzene rings is 1. The zero-order chi connectivity index (χ0) is 13.4. The van der Waals surface area contributed by atoms with Crippen molar-refractivity contribution in [1.82, 2.24) is 5.32 Å². The highest BCUT2D eigenvalue weighted by molar-refractivity contribution is 5.36. The van der Waals surface area contributed by atoms with E-state index in [2.05, 4.69) is 44.3 Å². The normalized spacial score (nSPS) is 14.2. The van der Waals surface area contributed by atoms with Gasteiger partial charge in [0, 0.05) is 6.04 Å². The summed E-state index contributed by atoms with van der Waals surface area (Å²) in [7, 11) is 0. The predicted molar refractivity (Wildman–Crippen MR) is 78.4 cm³/mol. The van der Waals surface area contributed by atoms with Crippen molar-refractivity contribution in [1.29, 1.82) is 0 Å². The molecule has 2 nitrogen and oxygen atoms in total. The van der Waals surface area contributed by atoms with Crippen molar-refractivity contribution in [2.75, 3.05) is 13.2 Å². The van der Waals surface area contributed by atoms with E-state index >= 15 is 0 Å². The highest BCUT2D eigenvalue weighted by Crippen LogP contribution is 2.29. The van der Waals surface area contributed by atoms with Crippen LogP contribution in [0, 0.1) is 0 Å². The fraction of sp³-hybridized carbons (Fsp3) is 0.625. The lowest BCUT2D eigenvalue weighted by atomic mass is 9.93. The van der Waals surface area contributed by atoms with Crippen LogP contribution in [-0.4, -0.2) is 19.2 Å². The van der Waals surface area contributed by atoms with Crippen LogP contribution in [0.15, 0.2) is 24.3 Å². The van der Waals surface area contributed by atoms with Gasteiger partial charge in [0.25, 0.3) is 0 Å². The van der Waals surface area contributed by atoms with E-state index in [4.69, 9.17) is 4.74 Å². The molecule has 0 spiro atoms. The average Bonchev–Trinajstić information content (AvgIpc) is 2.37. The van der Waals surface area contributed by atoms with Gasteiger partial charge in [-0.05, 0) is 50.8 Å². The van der Waals surface area contributed by atoms with E-state index in [1.54, 1.807) is 0 Å². The van der Waals surface area contributed by atoms with Gasteiger partial charge >= 0.3 is 0 Å². The second-order valence-corrected chi connectivity index (χ2v) is 4.96. The molecule has 0 bridgehead atoms. The third kappa shape index (κ3) is 4.69. The Balaban J connectivity index is 2.62.